The van der Waals surface area contributed by atoms with Crippen molar-refractivity contribution in [3.63, 3.8) is 0 Å². The quantitative estimate of drug-likeness (QED) is 0.762. The van der Waals surface area contributed by atoms with Gasteiger partial charge in [0.2, 0.25) is 5.91 Å². The first-order valence-electron chi connectivity index (χ1n) is 8.60. The van der Waals surface area contributed by atoms with Gasteiger partial charge in [0.25, 0.3) is 0 Å². The number of benzene rings is 2. The molecule has 0 aromatic heterocycles. The first-order chi connectivity index (χ1) is 12.2. The lowest BCUT2D eigenvalue weighted by molar-refractivity contribution is -0.125. The zero-order valence-corrected chi connectivity index (χ0v) is 14.1. The fourth-order valence-electron chi connectivity index (χ4n) is 2.84. The summed E-state index contributed by atoms with van der Waals surface area (Å²) in [6, 6.07) is 17.3. The summed E-state index contributed by atoms with van der Waals surface area (Å²) in [5.74, 6) is 0.708. The molecule has 1 amide bonds. The van der Waals surface area contributed by atoms with Crippen molar-refractivity contribution in [2.24, 2.45) is 5.92 Å². The number of aliphatic hydroxyl groups excluding tert-OH is 1. The van der Waals surface area contributed by atoms with E-state index in [0.717, 1.165) is 24.0 Å². The van der Waals surface area contributed by atoms with E-state index in [1.807, 2.05) is 66.7 Å². The predicted molar refractivity (Wildman–Crippen MR) is 97.0 cm³/mol. The monoisotopic (exact) mass is 337 g/mol. The van der Waals surface area contributed by atoms with Crippen molar-refractivity contribution < 1.29 is 14.6 Å². The zero-order valence-electron chi connectivity index (χ0n) is 14.1. The van der Waals surface area contributed by atoms with E-state index in [-0.39, 0.29) is 18.4 Å². The maximum Gasteiger partial charge on any atom is 0.223 e. The lowest BCUT2D eigenvalue weighted by atomic mass is 10.1. The van der Waals surface area contributed by atoms with Gasteiger partial charge >= 0.3 is 0 Å². The van der Waals surface area contributed by atoms with Crippen LogP contribution in [-0.4, -0.2) is 17.6 Å². The Kier molecular flexibility index (Phi) is 5.86. The first kappa shape index (κ1) is 17.2. The van der Waals surface area contributed by atoms with Crippen molar-refractivity contribution in [3.8, 4) is 5.75 Å². The molecule has 0 saturated heterocycles. The fourth-order valence-corrected chi connectivity index (χ4v) is 2.84. The number of hydrogen-bond acceptors (Lipinski definition) is 3. The molecule has 1 aliphatic carbocycles. The number of amides is 1. The van der Waals surface area contributed by atoms with Gasteiger partial charge < -0.3 is 15.2 Å². The van der Waals surface area contributed by atoms with Crippen LogP contribution in [0.15, 0.2) is 66.7 Å². The maximum atomic E-state index is 12.0. The Bertz CT molecular complexity index is 719. The van der Waals surface area contributed by atoms with Crippen LogP contribution in [0, 0.1) is 5.92 Å². The first-order valence-corrected chi connectivity index (χ1v) is 8.60. The highest BCUT2D eigenvalue weighted by molar-refractivity contribution is 5.79. The van der Waals surface area contributed by atoms with Crippen molar-refractivity contribution >= 4 is 5.91 Å². The molecule has 130 valence electrons. The Labute approximate surface area is 148 Å². The van der Waals surface area contributed by atoms with Crippen LogP contribution in [-0.2, 0) is 11.4 Å². The number of ether oxygens (including phenoxy) is 1. The number of rotatable bonds is 7. The Morgan fingerprint density at radius 2 is 1.88 bits per heavy atom. The highest BCUT2D eigenvalue weighted by Gasteiger charge is 2.20. The number of hydrogen-bond donors (Lipinski definition) is 2. The van der Waals surface area contributed by atoms with Gasteiger partial charge in [-0.25, -0.2) is 0 Å². The molecular formula is C21H23NO3. The molecule has 1 unspecified atom stereocenters. The van der Waals surface area contributed by atoms with E-state index >= 15 is 0 Å². The van der Waals surface area contributed by atoms with E-state index in [1.54, 1.807) is 0 Å². The molecule has 0 fully saturated rings. The third-order valence-electron chi connectivity index (χ3n) is 4.34. The van der Waals surface area contributed by atoms with Crippen molar-refractivity contribution in [2.75, 3.05) is 6.54 Å². The van der Waals surface area contributed by atoms with E-state index in [9.17, 15) is 9.90 Å². The van der Waals surface area contributed by atoms with Crippen molar-refractivity contribution in [2.45, 2.75) is 25.6 Å². The third-order valence-corrected chi connectivity index (χ3v) is 4.34. The normalized spacial score (nSPS) is 15.1. The molecule has 4 nitrogen and oxygen atoms in total. The van der Waals surface area contributed by atoms with Crippen LogP contribution >= 0.6 is 0 Å². The third kappa shape index (κ3) is 4.94. The number of carbonyl (C=O) groups is 1. The second-order valence-corrected chi connectivity index (χ2v) is 6.25. The average molecular weight is 337 g/mol. The molecule has 0 spiro atoms. The Morgan fingerprint density at radius 3 is 2.64 bits per heavy atom. The van der Waals surface area contributed by atoms with Crippen LogP contribution in [0.3, 0.4) is 0 Å². The molecule has 4 heteroatoms. The summed E-state index contributed by atoms with van der Waals surface area (Å²) in [5.41, 5.74) is 1.82. The van der Waals surface area contributed by atoms with Gasteiger partial charge in [-0.3, -0.25) is 4.79 Å². The summed E-state index contributed by atoms with van der Waals surface area (Å²) in [5, 5.41) is 13.2. The van der Waals surface area contributed by atoms with Gasteiger partial charge in [0.1, 0.15) is 12.4 Å². The molecule has 2 N–H and O–H groups in total. The smallest absolute Gasteiger partial charge is 0.223 e. The summed E-state index contributed by atoms with van der Waals surface area (Å²) in [6.45, 7) is 0.684. The summed E-state index contributed by atoms with van der Waals surface area (Å²) in [6.07, 6.45) is 4.86. The van der Waals surface area contributed by atoms with E-state index in [4.69, 9.17) is 4.74 Å². The summed E-state index contributed by atoms with van der Waals surface area (Å²) in [4.78, 5) is 12.0. The minimum atomic E-state index is -0.751. The van der Waals surface area contributed by atoms with Gasteiger partial charge in [0.15, 0.2) is 0 Å². The molecule has 0 bridgehead atoms. The molecule has 2 aromatic rings. The van der Waals surface area contributed by atoms with Crippen LogP contribution < -0.4 is 10.1 Å². The molecular weight excluding hydrogens is 314 g/mol. The van der Waals surface area contributed by atoms with Crippen molar-refractivity contribution in [1.82, 2.24) is 5.32 Å². The second kappa shape index (κ2) is 8.49. The van der Waals surface area contributed by atoms with Gasteiger partial charge in [-0.15, -0.1) is 0 Å². The molecule has 1 aliphatic rings. The predicted octanol–water partition coefficient (Wildman–Crippen LogP) is 3.38. The fraction of sp³-hybridized carbons (Fsp3) is 0.286. The minimum Gasteiger partial charge on any atom is -0.489 e. The SMILES string of the molecule is O=C(NCC(O)c1cccc(OCc2ccccc2)c1)C1CC=CC1. The van der Waals surface area contributed by atoms with Gasteiger partial charge in [-0.2, -0.15) is 0 Å². The summed E-state index contributed by atoms with van der Waals surface area (Å²) < 4.78 is 5.78. The molecule has 0 heterocycles. The zero-order chi connectivity index (χ0) is 17.5. The number of aliphatic hydroxyl groups is 1. The number of carbonyl (C=O) groups excluding carboxylic acids is 1. The van der Waals surface area contributed by atoms with Crippen LogP contribution in [0.25, 0.3) is 0 Å². The number of allylic oxidation sites excluding steroid dienone is 2. The van der Waals surface area contributed by atoms with Gasteiger partial charge in [-0.1, -0.05) is 54.6 Å². The molecule has 3 rings (SSSR count). The molecule has 0 saturated carbocycles. The topological polar surface area (TPSA) is 58.6 Å². The number of nitrogens with one attached hydrogen (secondary N) is 1. The molecule has 2 aromatic carbocycles. The van der Waals surface area contributed by atoms with Gasteiger partial charge in [0.05, 0.1) is 6.10 Å². The largest absolute Gasteiger partial charge is 0.489 e. The molecule has 0 radical (unpaired) electrons. The second-order valence-electron chi connectivity index (χ2n) is 6.25. The lowest BCUT2D eigenvalue weighted by Gasteiger charge is -2.16. The van der Waals surface area contributed by atoms with Crippen LogP contribution in [0.4, 0.5) is 0 Å². The van der Waals surface area contributed by atoms with E-state index in [0.29, 0.717) is 12.4 Å². The van der Waals surface area contributed by atoms with Crippen molar-refractivity contribution in [1.29, 1.82) is 0 Å². The molecule has 0 aliphatic heterocycles. The van der Waals surface area contributed by atoms with Crippen LogP contribution in [0.1, 0.15) is 30.1 Å². The van der Waals surface area contributed by atoms with E-state index in [1.165, 1.54) is 0 Å². The lowest BCUT2D eigenvalue weighted by Crippen LogP contribution is -2.32. The highest BCUT2D eigenvalue weighted by atomic mass is 16.5. The van der Waals surface area contributed by atoms with Gasteiger partial charge in [0, 0.05) is 12.5 Å². The standard InChI is InChI=1S/C21H23NO3/c23-20(14-22-21(24)17-9-4-5-10-17)18-11-6-12-19(13-18)25-15-16-7-2-1-3-8-16/h1-8,11-13,17,20,23H,9-10,14-15H2,(H,22,24). The maximum absolute atomic E-state index is 12.0. The minimum absolute atomic E-state index is 0.000493. The average Bonchev–Trinajstić information content (AvgIpc) is 3.20. The van der Waals surface area contributed by atoms with E-state index in [2.05, 4.69) is 5.32 Å². The Morgan fingerprint density at radius 1 is 1.12 bits per heavy atom. The van der Waals surface area contributed by atoms with Crippen molar-refractivity contribution in [3.05, 3.63) is 77.9 Å². The Hall–Kier alpha value is -2.59. The Balaban J connectivity index is 1.52. The highest BCUT2D eigenvalue weighted by Crippen LogP contribution is 2.21. The summed E-state index contributed by atoms with van der Waals surface area (Å²) in [7, 11) is 0. The van der Waals surface area contributed by atoms with Crippen LogP contribution in [0.5, 0.6) is 5.75 Å². The summed E-state index contributed by atoms with van der Waals surface area (Å²) >= 11 is 0. The van der Waals surface area contributed by atoms with Crippen LogP contribution in [0.2, 0.25) is 0 Å². The molecule has 1 atom stereocenters. The molecule has 25 heavy (non-hydrogen) atoms. The van der Waals surface area contributed by atoms with Gasteiger partial charge in [-0.05, 0) is 36.1 Å². The van der Waals surface area contributed by atoms with E-state index < -0.39 is 6.10 Å².